The van der Waals surface area contributed by atoms with Gasteiger partial charge in [0.15, 0.2) is 5.82 Å². The van der Waals surface area contributed by atoms with E-state index in [-0.39, 0.29) is 17.5 Å². The molecule has 0 aliphatic carbocycles. The van der Waals surface area contributed by atoms with Crippen molar-refractivity contribution in [3.63, 3.8) is 0 Å². The number of non-ortho nitro benzene ring substituents is 1. The van der Waals surface area contributed by atoms with Crippen LogP contribution < -0.4 is 0 Å². The zero-order valence-corrected chi connectivity index (χ0v) is 18.2. The Morgan fingerprint density at radius 2 is 1.70 bits per heavy atom. The van der Waals surface area contributed by atoms with Crippen LogP contribution in [0.4, 0.5) is 5.69 Å². The number of ether oxygens (including phenoxy) is 1. The van der Waals surface area contributed by atoms with Gasteiger partial charge in [-0.05, 0) is 12.1 Å². The Labute approximate surface area is 190 Å². The molecule has 0 radical (unpaired) electrons. The van der Waals surface area contributed by atoms with Crippen molar-refractivity contribution in [3.8, 4) is 0 Å². The number of hydrogen-bond donors (Lipinski definition) is 0. The zero-order chi connectivity index (χ0) is 23.2. The molecule has 2 aromatic rings. The molecule has 0 bridgehead atoms. The van der Waals surface area contributed by atoms with E-state index in [2.05, 4.69) is 15.0 Å². The summed E-state index contributed by atoms with van der Waals surface area (Å²) in [5.74, 6) is 0.917. The lowest BCUT2D eigenvalue weighted by molar-refractivity contribution is -0.384. The van der Waals surface area contributed by atoms with Crippen molar-refractivity contribution in [1.29, 1.82) is 0 Å². The molecule has 12 heteroatoms. The predicted octanol–water partition coefficient (Wildman–Crippen LogP) is 0.727. The number of nitro groups is 1. The minimum Gasteiger partial charge on any atom is -0.378 e. The van der Waals surface area contributed by atoms with Crippen molar-refractivity contribution in [2.75, 3.05) is 52.5 Å². The summed E-state index contributed by atoms with van der Waals surface area (Å²) < 4.78 is 10.6. The van der Waals surface area contributed by atoms with Gasteiger partial charge in [-0.15, -0.1) is 0 Å². The van der Waals surface area contributed by atoms with Crippen molar-refractivity contribution in [3.05, 3.63) is 51.7 Å². The molecule has 2 amide bonds. The molecule has 0 atom stereocenters. The van der Waals surface area contributed by atoms with Gasteiger partial charge < -0.3 is 19.1 Å². The fourth-order valence-corrected chi connectivity index (χ4v) is 3.86. The molecule has 1 aromatic heterocycles. The highest BCUT2D eigenvalue weighted by Gasteiger charge is 2.24. The fraction of sp³-hybridized carbons (Fsp3) is 0.524. The molecule has 2 aliphatic rings. The molecule has 1 aromatic carbocycles. The van der Waals surface area contributed by atoms with Crippen molar-refractivity contribution < 1.29 is 23.8 Å². The molecular weight excluding hydrogens is 432 g/mol. The van der Waals surface area contributed by atoms with Gasteiger partial charge in [-0.2, -0.15) is 4.98 Å². The number of aryl methyl sites for hydroxylation is 1. The van der Waals surface area contributed by atoms with E-state index in [0.717, 1.165) is 0 Å². The van der Waals surface area contributed by atoms with E-state index in [1.54, 1.807) is 9.80 Å². The highest BCUT2D eigenvalue weighted by atomic mass is 16.6. The molecule has 2 fully saturated rings. The van der Waals surface area contributed by atoms with Gasteiger partial charge in [-0.3, -0.25) is 24.6 Å². The Morgan fingerprint density at radius 1 is 1.00 bits per heavy atom. The number of aromatic nitrogens is 2. The van der Waals surface area contributed by atoms with E-state index in [9.17, 15) is 19.7 Å². The summed E-state index contributed by atoms with van der Waals surface area (Å²) in [6.07, 6.45) is 0.728. The molecule has 2 aliphatic heterocycles. The lowest BCUT2D eigenvalue weighted by Crippen LogP contribution is -2.48. The average molecular weight is 458 g/mol. The predicted molar refractivity (Wildman–Crippen MR) is 114 cm³/mol. The van der Waals surface area contributed by atoms with Gasteiger partial charge in [0.25, 0.3) is 11.6 Å². The normalized spacial score (nSPS) is 17.2. The topological polar surface area (TPSA) is 135 Å². The van der Waals surface area contributed by atoms with Crippen LogP contribution in [0.5, 0.6) is 0 Å². The number of carbonyl (C=O) groups excluding carboxylic acids is 2. The molecule has 33 heavy (non-hydrogen) atoms. The number of rotatable bonds is 7. The fourth-order valence-electron chi connectivity index (χ4n) is 3.86. The van der Waals surface area contributed by atoms with Crippen LogP contribution >= 0.6 is 0 Å². The van der Waals surface area contributed by atoms with Gasteiger partial charge in [0.1, 0.15) is 0 Å². The first-order valence-electron chi connectivity index (χ1n) is 10.9. The van der Waals surface area contributed by atoms with E-state index in [1.165, 1.54) is 24.3 Å². The summed E-state index contributed by atoms with van der Waals surface area (Å²) in [5, 5.41) is 14.8. The molecular formula is C21H26N6O6. The molecule has 0 N–H and O–H groups in total. The first-order chi connectivity index (χ1) is 16.0. The maximum Gasteiger partial charge on any atom is 0.269 e. The Balaban J connectivity index is 1.21. The molecule has 3 heterocycles. The third kappa shape index (κ3) is 5.90. The molecule has 12 nitrogen and oxygen atoms in total. The maximum absolute atomic E-state index is 12.7. The van der Waals surface area contributed by atoms with Crippen LogP contribution in [0.1, 0.15) is 28.5 Å². The number of nitro benzene ring substituents is 1. The third-order valence-electron chi connectivity index (χ3n) is 5.78. The van der Waals surface area contributed by atoms with Gasteiger partial charge in [0, 0.05) is 69.8 Å². The number of amides is 2. The zero-order valence-electron chi connectivity index (χ0n) is 18.2. The highest BCUT2D eigenvalue weighted by Crippen LogP contribution is 2.15. The number of piperazine rings is 1. The van der Waals surface area contributed by atoms with Gasteiger partial charge in [0.2, 0.25) is 11.8 Å². The number of carbonyl (C=O) groups is 2. The first-order valence-corrected chi connectivity index (χ1v) is 10.9. The molecule has 2 saturated heterocycles. The smallest absolute Gasteiger partial charge is 0.269 e. The summed E-state index contributed by atoms with van der Waals surface area (Å²) in [4.78, 5) is 45.2. The number of benzene rings is 1. The van der Waals surface area contributed by atoms with E-state index < -0.39 is 4.92 Å². The lowest BCUT2D eigenvalue weighted by atomic mass is 10.1. The van der Waals surface area contributed by atoms with Crippen molar-refractivity contribution in [2.24, 2.45) is 0 Å². The summed E-state index contributed by atoms with van der Waals surface area (Å²) in [6, 6.07) is 5.65. The van der Waals surface area contributed by atoms with Gasteiger partial charge in [0.05, 0.1) is 24.7 Å². The molecule has 0 unspecified atom stereocenters. The van der Waals surface area contributed by atoms with Crippen LogP contribution in [0.3, 0.4) is 0 Å². The van der Waals surface area contributed by atoms with Crippen LogP contribution in [0, 0.1) is 10.1 Å². The van der Waals surface area contributed by atoms with Crippen LogP contribution in [0.25, 0.3) is 0 Å². The second-order valence-electron chi connectivity index (χ2n) is 7.97. The Morgan fingerprint density at radius 3 is 2.36 bits per heavy atom. The van der Waals surface area contributed by atoms with Gasteiger partial charge in [-0.25, -0.2) is 0 Å². The van der Waals surface area contributed by atoms with Crippen LogP contribution in [0.15, 0.2) is 28.8 Å². The first kappa shape index (κ1) is 22.8. The largest absolute Gasteiger partial charge is 0.378 e. The van der Waals surface area contributed by atoms with Crippen molar-refractivity contribution >= 4 is 17.5 Å². The average Bonchev–Trinajstić information content (AvgIpc) is 3.30. The summed E-state index contributed by atoms with van der Waals surface area (Å²) in [5.41, 5.74) is 0.393. The molecule has 0 spiro atoms. The van der Waals surface area contributed by atoms with Gasteiger partial charge in [-0.1, -0.05) is 5.16 Å². The summed E-state index contributed by atoms with van der Waals surface area (Å²) in [7, 11) is 0. The van der Waals surface area contributed by atoms with Crippen LogP contribution in [-0.4, -0.2) is 94.1 Å². The molecule has 4 rings (SSSR count). The SMILES string of the molecule is O=C(CCc1nc(CN2CCN(C(=O)c3ccc([N+](=O)[O-])cc3)CC2)no1)N1CCOCC1. The minimum atomic E-state index is -0.488. The molecule has 0 saturated carbocycles. The number of nitrogens with zero attached hydrogens (tertiary/aromatic N) is 6. The highest BCUT2D eigenvalue weighted by molar-refractivity contribution is 5.94. The Kier molecular flexibility index (Phi) is 7.25. The van der Waals surface area contributed by atoms with Gasteiger partial charge >= 0.3 is 0 Å². The van der Waals surface area contributed by atoms with Crippen LogP contribution in [0.2, 0.25) is 0 Å². The maximum atomic E-state index is 12.7. The van der Waals surface area contributed by atoms with E-state index in [0.29, 0.717) is 89.1 Å². The standard InChI is InChI=1S/C21H26N6O6/c28-20(25-11-13-32-14-12-25)6-5-19-22-18(23-33-19)15-24-7-9-26(10-8-24)21(29)16-1-3-17(4-2-16)27(30)31/h1-4H,5-15H2. The van der Waals surface area contributed by atoms with Crippen LogP contribution in [-0.2, 0) is 22.5 Å². The van der Waals surface area contributed by atoms with Crippen molar-refractivity contribution in [2.45, 2.75) is 19.4 Å². The van der Waals surface area contributed by atoms with Crippen molar-refractivity contribution in [1.82, 2.24) is 24.8 Å². The lowest BCUT2D eigenvalue weighted by Gasteiger charge is -2.34. The summed E-state index contributed by atoms with van der Waals surface area (Å²) >= 11 is 0. The van der Waals surface area contributed by atoms with E-state index >= 15 is 0 Å². The molecule has 176 valence electrons. The second-order valence-corrected chi connectivity index (χ2v) is 7.97. The van der Waals surface area contributed by atoms with E-state index in [4.69, 9.17) is 9.26 Å². The monoisotopic (exact) mass is 458 g/mol. The number of hydrogen-bond acceptors (Lipinski definition) is 9. The second kappa shape index (κ2) is 10.5. The Bertz CT molecular complexity index is 979. The minimum absolute atomic E-state index is 0.0405. The number of morpholine rings is 1. The third-order valence-corrected chi connectivity index (χ3v) is 5.78. The Hall–Kier alpha value is -3.38. The summed E-state index contributed by atoms with van der Waals surface area (Å²) in [6.45, 7) is 5.26. The quantitative estimate of drug-likeness (QED) is 0.434. The van der Waals surface area contributed by atoms with E-state index in [1.807, 2.05) is 0 Å².